The molecule has 3 nitrogen and oxygen atoms in total. The van der Waals surface area contributed by atoms with Crippen LogP contribution in [0.1, 0.15) is 12.8 Å². The third kappa shape index (κ3) is 1.86. The molecule has 0 aromatic heterocycles. The number of anilines is 1. The van der Waals surface area contributed by atoms with E-state index in [1.54, 1.807) is 0 Å². The molecule has 1 aromatic rings. The Hall–Kier alpha value is -1.96. The zero-order valence-corrected chi connectivity index (χ0v) is 9.20. The Bertz CT molecular complexity index is 518. The number of hydrogen-bond donors (Lipinski definition) is 0. The minimum atomic E-state index is -1.00. The molecular weight excluding hydrogens is 226 g/mol. The molecule has 1 aromatic carbocycles. The molecule has 0 unspecified atom stereocenters. The highest BCUT2D eigenvalue weighted by Gasteiger charge is 2.52. The van der Waals surface area contributed by atoms with Crippen LogP contribution in [-0.4, -0.2) is 13.0 Å². The molecule has 1 saturated carbocycles. The molecule has 0 radical (unpaired) electrons. The predicted octanol–water partition coefficient (Wildman–Crippen LogP) is 2.23. The van der Waals surface area contributed by atoms with Crippen molar-refractivity contribution in [1.29, 1.82) is 5.26 Å². The van der Waals surface area contributed by atoms with Crippen LogP contribution in [0.2, 0.25) is 0 Å². The normalized spacial score (nSPS) is 16.1. The fourth-order valence-electron chi connectivity index (χ4n) is 1.68. The number of halogens is 2. The van der Waals surface area contributed by atoms with Crippen LogP contribution < -0.4 is 4.90 Å². The molecule has 88 valence electrons. The van der Waals surface area contributed by atoms with Gasteiger partial charge in [-0.25, -0.2) is 8.78 Å². The molecule has 0 atom stereocenters. The number of carbonyl (C=O) groups is 1. The van der Waals surface area contributed by atoms with E-state index in [2.05, 4.69) is 0 Å². The van der Waals surface area contributed by atoms with Crippen molar-refractivity contribution in [3.63, 3.8) is 0 Å². The molecule has 1 aliphatic rings. The number of carbonyl (C=O) groups excluding carboxylic acids is 1. The zero-order valence-electron chi connectivity index (χ0n) is 9.20. The minimum absolute atomic E-state index is 0.0158. The Kier molecular flexibility index (Phi) is 2.58. The van der Waals surface area contributed by atoms with Crippen molar-refractivity contribution in [1.82, 2.24) is 0 Å². The zero-order chi connectivity index (χ0) is 12.6. The predicted molar refractivity (Wildman–Crippen MR) is 57.0 cm³/mol. The van der Waals surface area contributed by atoms with Crippen molar-refractivity contribution < 1.29 is 13.6 Å². The maximum absolute atomic E-state index is 13.5. The summed E-state index contributed by atoms with van der Waals surface area (Å²) in [4.78, 5) is 13.0. The fourth-order valence-corrected chi connectivity index (χ4v) is 1.68. The molecule has 0 heterocycles. The van der Waals surface area contributed by atoms with E-state index in [1.165, 1.54) is 13.1 Å². The average molecular weight is 236 g/mol. The summed E-state index contributed by atoms with van der Waals surface area (Å²) >= 11 is 0. The maximum Gasteiger partial charge on any atom is 0.247 e. The first-order valence-electron chi connectivity index (χ1n) is 5.15. The lowest BCUT2D eigenvalue weighted by atomic mass is 10.1. The van der Waals surface area contributed by atoms with E-state index in [4.69, 9.17) is 5.26 Å². The van der Waals surface area contributed by atoms with Crippen LogP contribution >= 0.6 is 0 Å². The van der Waals surface area contributed by atoms with Crippen LogP contribution in [0.3, 0.4) is 0 Å². The molecule has 1 amide bonds. The quantitative estimate of drug-likeness (QED) is 0.790. The third-order valence-electron chi connectivity index (χ3n) is 2.95. The molecule has 0 aliphatic heterocycles. The molecule has 17 heavy (non-hydrogen) atoms. The number of nitriles is 1. The number of rotatable bonds is 2. The Morgan fingerprint density at radius 3 is 2.59 bits per heavy atom. The summed E-state index contributed by atoms with van der Waals surface area (Å²) in [5.41, 5.74) is -1.02. The highest BCUT2D eigenvalue weighted by Crippen LogP contribution is 2.47. The topological polar surface area (TPSA) is 44.1 Å². The molecule has 5 heteroatoms. The molecule has 1 fully saturated rings. The Labute approximate surface area is 97.3 Å². The van der Waals surface area contributed by atoms with Gasteiger partial charge in [-0.1, -0.05) is 0 Å². The van der Waals surface area contributed by atoms with E-state index < -0.39 is 23.0 Å². The largest absolute Gasteiger partial charge is 0.311 e. The highest BCUT2D eigenvalue weighted by atomic mass is 19.1. The second kappa shape index (κ2) is 3.81. The van der Waals surface area contributed by atoms with Gasteiger partial charge >= 0.3 is 0 Å². The standard InChI is InChI=1S/C12H10F2N2O/c1-16(11(17)12(7-15)4-5-12)10-3-2-8(13)6-9(10)14/h2-3,6H,4-5H2,1H3. The van der Waals surface area contributed by atoms with Gasteiger partial charge in [0.15, 0.2) is 0 Å². The van der Waals surface area contributed by atoms with Crippen molar-refractivity contribution in [3.05, 3.63) is 29.8 Å². The second-order valence-electron chi connectivity index (χ2n) is 4.15. The Balaban J connectivity index is 2.29. The summed E-state index contributed by atoms with van der Waals surface area (Å²) < 4.78 is 26.2. The van der Waals surface area contributed by atoms with Gasteiger partial charge in [-0.2, -0.15) is 5.26 Å². The van der Waals surface area contributed by atoms with Crippen LogP contribution in [0.4, 0.5) is 14.5 Å². The lowest BCUT2D eigenvalue weighted by molar-refractivity contribution is -0.121. The summed E-state index contributed by atoms with van der Waals surface area (Å²) in [7, 11) is 1.38. The van der Waals surface area contributed by atoms with E-state index >= 15 is 0 Å². The molecular formula is C12H10F2N2O. The van der Waals surface area contributed by atoms with Gasteiger partial charge in [0.05, 0.1) is 11.8 Å². The van der Waals surface area contributed by atoms with Crippen molar-refractivity contribution in [2.75, 3.05) is 11.9 Å². The third-order valence-corrected chi connectivity index (χ3v) is 2.95. The lowest BCUT2D eigenvalue weighted by Crippen LogP contribution is -2.34. The van der Waals surface area contributed by atoms with E-state index in [1.807, 2.05) is 6.07 Å². The summed E-state index contributed by atoms with van der Waals surface area (Å²) in [6.07, 6.45) is 0.991. The van der Waals surface area contributed by atoms with E-state index in [0.29, 0.717) is 18.9 Å². The van der Waals surface area contributed by atoms with Gasteiger partial charge in [-0.3, -0.25) is 4.79 Å². The van der Waals surface area contributed by atoms with Gasteiger partial charge in [-0.15, -0.1) is 0 Å². The van der Waals surface area contributed by atoms with Crippen LogP contribution in [-0.2, 0) is 4.79 Å². The van der Waals surface area contributed by atoms with Gasteiger partial charge in [0.2, 0.25) is 5.91 Å². The van der Waals surface area contributed by atoms with Crippen LogP contribution in [0.15, 0.2) is 18.2 Å². The highest BCUT2D eigenvalue weighted by molar-refractivity contribution is 6.00. The summed E-state index contributed by atoms with van der Waals surface area (Å²) in [5, 5.41) is 8.88. The number of amides is 1. The molecule has 0 spiro atoms. The van der Waals surface area contributed by atoms with Gasteiger partial charge in [-0.05, 0) is 25.0 Å². The van der Waals surface area contributed by atoms with Crippen molar-refractivity contribution in [2.45, 2.75) is 12.8 Å². The summed E-state index contributed by atoms with van der Waals surface area (Å²) in [6, 6.07) is 4.93. The first kappa shape index (κ1) is 11.5. The molecule has 1 aliphatic carbocycles. The Morgan fingerprint density at radius 2 is 2.12 bits per heavy atom. The Morgan fingerprint density at radius 1 is 1.47 bits per heavy atom. The monoisotopic (exact) mass is 236 g/mol. The first-order chi connectivity index (χ1) is 8.00. The summed E-state index contributed by atoms with van der Waals surface area (Å²) in [5.74, 6) is -1.95. The lowest BCUT2D eigenvalue weighted by Gasteiger charge is -2.20. The smallest absolute Gasteiger partial charge is 0.247 e. The van der Waals surface area contributed by atoms with E-state index in [0.717, 1.165) is 11.0 Å². The van der Waals surface area contributed by atoms with Gasteiger partial charge in [0.1, 0.15) is 17.0 Å². The molecule has 2 rings (SSSR count). The second-order valence-corrected chi connectivity index (χ2v) is 4.15. The average Bonchev–Trinajstić information content (AvgIpc) is 3.08. The first-order valence-corrected chi connectivity index (χ1v) is 5.15. The van der Waals surface area contributed by atoms with Gasteiger partial charge in [0.25, 0.3) is 0 Å². The van der Waals surface area contributed by atoms with Crippen LogP contribution in [0, 0.1) is 28.4 Å². The van der Waals surface area contributed by atoms with Crippen LogP contribution in [0.5, 0.6) is 0 Å². The van der Waals surface area contributed by atoms with Crippen molar-refractivity contribution >= 4 is 11.6 Å². The van der Waals surface area contributed by atoms with Gasteiger partial charge < -0.3 is 4.90 Å². The number of hydrogen-bond acceptors (Lipinski definition) is 2. The molecule has 0 saturated heterocycles. The molecule has 0 bridgehead atoms. The SMILES string of the molecule is CN(C(=O)C1(C#N)CC1)c1ccc(F)cc1F. The number of benzene rings is 1. The maximum atomic E-state index is 13.5. The van der Waals surface area contributed by atoms with Crippen LogP contribution in [0.25, 0.3) is 0 Å². The number of nitrogens with zero attached hydrogens (tertiary/aromatic N) is 2. The van der Waals surface area contributed by atoms with Gasteiger partial charge in [0, 0.05) is 13.1 Å². The summed E-state index contributed by atoms with van der Waals surface area (Å²) in [6.45, 7) is 0. The fraction of sp³-hybridized carbons (Fsp3) is 0.333. The van der Waals surface area contributed by atoms with Crippen molar-refractivity contribution in [2.24, 2.45) is 5.41 Å². The van der Waals surface area contributed by atoms with Crippen molar-refractivity contribution in [3.8, 4) is 6.07 Å². The molecule has 0 N–H and O–H groups in total. The minimum Gasteiger partial charge on any atom is -0.311 e. The van der Waals surface area contributed by atoms with E-state index in [9.17, 15) is 13.6 Å². The van der Waals surface area contributed by atoms with E-state index in [-0.39, 0.29) is 5.69 Å².